The second-order valence-electron chi connectivity index (χ2n) is 25.9. The summed E-state index contributed by atoms with van der Waals surface area (Å²) < 4.78 is 0. The maximum absolute atomic E-state index is 14.1. The number of unbranched alkanes of at least 4 members (excludes halogenated alkanes) is 5. The predicted molar refractivity (Wildman–Crippen MR) is 321 cm³/mol. The number of nitrogens with zero attached hydrogens (tertiary/aromatic N) is 2. The lowest BCUT2D eigenvalue weighted by atomic mass is 9.92. The van der Waals surface area contributed by atoms with Gasteiger partial charge in [-0.3, -0.25) is 52.7 Å². The zero-order chi connectivity index (χ0) is 64.7. The molecule has 24 nitrogen and oxygen atoms in total. The van der Waals surface area contributed by atoms with Gasteiger partial charge in [0.05, 0.1) is 12.7 Å². The fourth-order valence-corrected chi connectivity index (χ4v) is 9.62. The Morgan fingerprint density at radius 3 is 1.58 bits per heavy atom. The Balaban J connectivity index is 3.10. The van der Waals surface area contributed by atoms with E-state index < -0.39 is 118 Å². The van der Waals surface area contributed by atoms with E-state index in [1.54, 1.807) is 46.6 Å². The van der Waals surface area contributed by atoms with Crippen LogP contribution in [-0.4, -0.2) is 183 Å². The van der Waals surface area contributed by atoms with Gasteiger partial charge in [0.15, 0.2) is 0 Å². The molecule has 1 fully saturated rings. The van der Waals surface area contributed by atoms with E-state index >= 15 is 0 Å². The van der Waals surface area contributed by atoms with E-state index in [1.165, 1.54) is 75.7 Å². The molecule has 0 spiro atoms. The number of hydrogen-bond acceptors (Lipinski definition) is 14. The third kappa shape index (κ3) is 25.8. The largest absolute Gasteiger partial charge is 0.395 e. The number of carbonyl (C=O) groups is 11. The molecule has 9 atom stereocenters. The van der Waals surface area contributed by atoms with Crippen molar-refractivity contribution in [3.05, 3.63) is 0 Å². The van der Waals surface area contributed by atoms with E-state index in [1.807, 2.05) is 11.8 Å². The molecule has 0 aromatic carbocycles. The normalized spacial score (nSPS) is 16.8. The zero-order valence-electron chi connectivity index (χ0n) is 54.1. The van der Waals surface area contributed by atoms with Gasteiger partial charge in [0.1, 0.15) is 58.1 Å². The summed E-state index contributed by atoms with van der Waals surface area (Å²) >= 11 is 0. The predicted octanol–water partition coefficient (Wildman–Crippen LogP) is 2.15. The molecule has 1 rings (SSSR count). The highest BCUT2D eigenvalue weighted by atomic mass is 16.3. The summed E-state index contributed by atoms with van der Waals surface area (Å²) in [6, 6.07) is -6.07. The molecular formula is C60H109N11O13. The SMILES string of the molecule is CCCCCCCC[C@@H](C)C(=O)N1CCC[C@@H]1C(=O)N[C@@H](C[C@H](C)C[C@H](O)CC(=O)CC)C(=O)N[C@@H](C)C(=O)NC(C)(C)C(=O)NC(C)(C)C(=O)N[C@H](C(=O)N[C@@H](C)C(=O)NC(C)(C)C(=O)NC(C)(C)C(=O)N[C@@H](C)CN(C)CCO)C(C)C. The topological polar surface area (TPSA) is 343 Å². The van der Waals surface area contributed by atoms with Crippen LogP contribution < -0.4 is 47.9 Å². The molecule has 482 valence electrons. The molecular weight excluding hydrogens is 1080 g/mol. The molecule has 11 N–H and O–H groups in total. The van der Waals surface area contributed by atoms with Gasteiger partial charge >= 0.3 is 0 Å². The van der Waals surface area contributed by atoms with Crippen molar-refractivity contribution in [2.24, 2.45) is 17.8 Å². The molecule has 0 bridgehead atoms. The van der Waals surface area contributed by atoms with Gasteiger partial charge in [-0.25, -0.2) is 0 Å². The third-order valence-corrected chi connectivity index (χ3v) is 15.2. The van der Waals surface area contributed by atoms with Crippen LogP contribution in [0.2, 0.25) is 0 Å². The molecule has 1 aliphatic heterocycles. The lowest BCUT2D eigenvalue weighted by Crippen LogP contribution is -2.66. The second kappa shape index (κ2) is 35.0. The van der Waals surface area contributed by atoms with Crippen molar-refractivity contribution in [3.63, 3.8) is 0 Å². The minimum Gasteiger partial charge on any atom is -0.395 e. The number of carbonyl (C=O) groups excluding carboxylic acids is 11. The van der Waals surface area contributed by atoms with E-state index in [-0.39, 0.29) is 61.9 Å². The molecule has 0 aromatic rings. The maximum atomic E-state index is 14.1. The average molecular weight is 1190 g/mol. The third-order valence-electron chi connectivity index (χ3n) is 15.2. The molecule has 24 heteroatoms. The Hall–Kier alpha value is -5.75. The van der Waals surface area contributed by atoms with Gasteiger partial charge in [-0.1, -0.05) is 80.1 Å². The highest BCUT2D eigenvalue weighted by Crippen LogP contribution is 2.24. The highest BCUT2D eigenvalue weighted by Gasteiger charge is 2.43. The van der Waals surface area contributed by atoms with Crippen LogP contribution in [-0.2, 0) is 52.7 Å². The standard InChI is InChI=1S/C60H109N11O13/c1-19-21-22-23-24-25-27-38(6)52(80)71-29-26-28-45(71)50(78)64-44(33-37(5)32-43(74)34-42(73)20-2)49(77)62-40(8)47(75)66-60(16,17)56(84)69-58(12,13)54(82)65-46(36(3)4)51(79)63-41(9)48(76)67-59(14,15)55(83)68-57(10,11)53(81)61-39(7)35-70(18)30-31-72/h36-41,43-46,72,74H,19-35H2,1-18H3,(H,61,81)(H,62,77)(H,63,79)(H,64,78)(H,65,82)(H,66,75)(H,67,76)(H,68,83)(H,69,84)/t37-,38-,39+,40+,41+,43+,44+,45-,46+/m1/s1. The van der Waals surface area contributed by atoms with Gasteiger partial charge in [0.25, 0.3) is 0 Å². The minimum atomic E-state index is -1.70. The van der Waals surface area contributed by atoms with Crippen molar-refractivity contribution in [1.82, 2.24) is 57.7 Å². The fourth-order valence-electron chi connectivity index (χ4n) is 9.62. The van der Waals surface area contributed by atoms with E-state index in [4.69, 9.17) is 0 Å². The Bertz CT molecular complexity index is 2240. The van der Waals surface area contributed by atoms with Crippen LogP contribution in [0.1, 0.15) is 201 Å². The van der Waals surface area contributed by atoms with Crippen molar-refractivity contribution >= 4 is 64.9 Å². The molecule has 10 amide bonds. The van der Waals surface area contributed by atoms with Gasteiger partial charge in [-0.15, -0.1) is 0 Å². The lowest BCUT2D eigenvalue weighted by Gasteiger charge is -2.34. The first-order valence-corrected chi connectivity index (χ1v) is 30.4. The molecule has 0 unspecified atom stereocenters. The van der Waals surface area contributed by atoms with E-state index in [9.17, 15) is 63.0 Å². The molecule has 1 heterocycles. The van der Waals surface area contributed by atoms with Gasteiger partial charge in [0.2, 0.25) is 59.1 Å². The van der Waals surface area contributed by atoms with Crippen molar-refractivity contribution < 1.29 is 63.0 Å². The Kier molecular flexibility index (Phi) is 31.8. The van der Waals surface area contributed by atoms with Crippen molar-refractivity contribution in [3.8, 4) is 0 Å². The summed E-state index contributed by atoms with van der Waals surface area (Å²) in [7, 11) is 1.79. The number of amides is 10. The second-order valence-corrected chi connectivity index (χ2v) is 25.9. The van der Waals surface area contributed by atoms with Crippen LogP contribution in [0.3, 0.4) is 0 Å². The number of likely N-dealkylation sites (tertiary alicyclic amines) is 1. The molecule has 0 saturated carbocycles. The van der Waals surface area contributed by atoms with Gasteiger partial charge in [-0.05, 0) is 127 Å². The maximum Gasteiger partial charge on any atom is 0.246 e. The summed E-state index contributed by atoms with van der Waals surface area (Å²) in [5.41, 5.74) is -6.36. The number of ketones is 1. The molecule has 1 aliphatic rings. The summed E-state index contributed by atoms with van der Waals surface area (Å²) in [5, 5.41) is 43.9. The van der Waals surface area contributed by atoms with Crippen LogP contribution in [0.25, 0.3) is 0 Å². The van der Waals surface area contributed by atoms with E-state index in [0.717, 1.165) is 32.1 Å². The van der Waals surface area contributed by atoms with Crippen LogP contribution in [0.4, 0.5) is 0 Å². The molecule has 0 aromatic heterocycles. The molecule has 0 aliphatic carbocycles. The van der Waals surface area contributed by atoms with E-state index in [0.29, 0.717) is 38.9 Å². The van der Waals surface area contributed by atoms with Crippen LogP contribution in [0.5, 0.6) is 0 Å². The minimum absolute atomic E-state index is 0.0189. The molecule has 0 radical (unpaired) electrons. The summed E-state index contributed by atoms with van der Waals surface area (Å²) in [6.07, 6.45) is 7.54. The highest BCUT2D eigenvalue weighted by molar-refractivity contribution is 6.01. The monoisotopic (exact) mass is 1190 g/mol. The number of nitrogens with one attached hydrogen (secondary N) is 9. The Morgan fingerprint density at radius 1 is 0.595 bits per heavy atom. The zero-order valence-corrected chi connectivity index (χ0v) is 54.1. The number of hydrogen-bond donors (Lipinski definition) is 11. The van der Waals surface area contributed by atoms with Crippen LogP contribution in [0, 0.1) is 17.8 Å². The number of rotatable bonds is 38. The number of likely N-dealkylation sites (N-methyl/N-ethyl adjacent to an activating group) is 1. The van der Waals surface area contributed by atoms with Crippen molar-refractivity contribution in [2.75, 3.05) is 33.3 Å². The van der Waals surface area contributed by atoms with Crippen LogP contribution in [0.15, 0.2) is 0 Å². The number of aliphatic hydroxyl groups is 2. The summed E-state index contributed by atoms with van der Waals surface area (Å²) in [5.74, 6) is -7.78. The first-order chi connectivity index (χ1) is 38.8. The van der Waals surface area contributed by atoms with Gasteiger partial charge < -0.3 is 67.9 Å². The lowest BCUT2D eigenvalue weighted by molar-refractivity contribution is -0.142. The quantitative estimate of drug-likeness (QED) is 0.0395. The molecule has 84 heavy (non-hydrogen) atoms. The Morgan fingerprint density at radius 2 is 1.08 bits per heavy atom. The summed E-state index contributed by atoms with van der Waals surface area (Å²) in [6.45, 7) is 28.0. The first kappa shape index (κ1) is 76.3. The van der Waals surface area contributed by atoms with Gasteiger partial charge in [-0.2, -0.15) is 0 Å². The fraction of sp³-hybridized carbons (Fsp3) is 0.817. The Labute approximate surface area is 500 Å². The first-order valence-electron chi connectivity index (χ1n) is 30.4. The average Bonchev–Trinajstić information content (AvgIpc) is 4.03. The molecule has 1 saturated heterocycles. The number of aliphatic hydroxyl groups excluding tert-OH is 2. The van der Waals surface area contributed by atoms with Gasteiger partial charge in [0, 0.05) is 44.4 Å². The van der Waals surface area contributed by atoms with Crippen molar-refractivity contribution in [1.29, 1.82) is 0 Å². The smallest absolute Gasteiger partial charge is 0.246 e. The summed E-state index contributed by atoms with van der Waals surface area (Å²) in [4.78, 5) is 153. The van der Waals surface area contributed by atoms with Crippen LogP contribution >= 0.6 is 0 Å². The van der Waals surface area contributed by atoms with Crippen molar-refractivity contribution in [2.45, 2.75) is 266 Å². The van der Waals surface area contributed by atoms with E-state index in [2.05, 4.69) is 54.8 Å². The number of Topliss-reactive ketones (excluding diaryl/α,β-unsaturated/α-hetero) is 1.